The van der Waals surface area contributed by atoms with Crippen LogP contribution in [0.15, 0.2) is 53.4 Å². The van der Waals surface area contributed by atoms with Crippen LogP contribution in [0.2, 0.25) is 0 Å². The van der Waals surface area contributed by atoms with Crippen LogP contribution in [0.3, 0.4) is 0 Å². The first-order chi connectivity index (χ1) is 9.88. The first kappa shape index (κ1) is 15.9. The molecule has 1 nitrogen and oxygen atoms in total. The van der Waals surface area contributed by atoms with Crippen molar-refractivity contribution in [2.45, 2.75) is 17.1 Å². The molecule has 0 bridgehead atoms. The molecule has 0 aromatic heterocycles. The maximum Gasteiger partial charge on any atom is 0.419 e. The third kappa shape index (κ3) is 4.22. The molecule has 2 rings (SSSR count). The Morgan fingerprint density at radius 1 is 1.05 bits per heavy atom. The molecule has 0 fully saturated rings. The van der Waals surface area contributed by atoms with Gasteiger partial charge >= 0.3 is 6.18 Å². The zero-order valence-corrected chi connectivity index (χ0v) is 11.7. The van der Waals surface area contributed by atoms with E-state index < -0.39 is 23.6 Å². The van der Waals surface area contributed by atoms with Gasteiger partial charge in [0.1, 0.15) is 5.82 Å². The van der Waals surface area contributed by atoms with Crippen LogP contribution in [0.4, 0.5) is 17.6 Å². The normalized spacial score (nSPS) is 13.2. The molecular weight excluding hydrogens is 302 g/mol. The fraction of sp³-hybridized carbons (Fsp3) is 0.200. The second kappa shape index (κ2) is 6.49. The molecule has 0 aliphatic rings. The van der Waals surface area contributed by atoms with Gasteiger partial charge in [0, 0.05) is 16.7 Å². The maximum absolute atomic E-state index is 13.2. The predicted molar refractivity (Wildman–Crippen MR) is 75.5 cm³/mol. The number of hydrogen-bond donors (Lipinski definition) is 1. The summed E-state index contributed by atoms with van der Waals surface area (Å²) in [5, 5.41) is 0. The zero-order chi connectivity index (χ0) is 15.5. The van der Waals surface area contributed by atoms with Gasteiger partial charge < -0.3 is 5.73 Å². The predicted octanol–water partition coefficient (Wildman–Crippen LogP) is 4.64. The molecule has 1 atom stereocenters. The van der Waals surface area contributed by atoms with Gasteiger partial charge in [0.25, 0.3) is 0 Å². The van der Waals surface area contributed by atoms with Gasteiger partial charge in [0.05, 0.1) is 5.56 Å². The van der Waals surface area contributed by atoms with Gasteiger partial charge in [-0.2, -0.15) is 13.2 Å². The smallest absolute Gasteiger partial charge is 0.323 e. The Kier molecular flexibility index (Phi) is 4.90. The second-order valence-corrected chi connectivity index (χ2v) is 5.56. The van der Waals surface area contributed by atoms with Crippen molar-refractivity contribution in [3.63, 3.8) is 0 Å². The minimum Gasteiger partial charge on any atom is -0.323 e. The van der Waals surface area contributed by atoms with E-state index in [4.69, 9.17) is 5.73 Å². The van der Waals surface area contributed by atoms with E-state index >= 15 is 0 Å². The monoisotopic (exact) mass is 315 g/mol. The number of thioether (sulfide) groups is 1. The first-order valence-electron chi connectivity index (χ1n) is 6.18. The van der Waals surface area contributed by atoms with E-state index in [2.05, 4.69) is 0 Å². The molecule has 0 saturated heterocycles. The van der Waals surface area contributed by atoms with Crippen LogP contribution in [0.5, 0.6) is 0 Å². The van der Waals surface area contributed by atoms with Crippen LogP contribution >= 0.6 is 11.8 Å². The quantitative estimate of drug-likeness (QED) is 0.657. The summed E-state index contributed by atoms with van der Waals surface area (Å²) in [5.41, 5.74) is 4.89. The molecule has 0 aliphatic carbocycles. The van der Waals surface area contributed by atoms with E-state index in [1.807, 2.05) is 30.3 Å². The lowest BCUT2D eigenvalue weighted by atomic mass is 10.0. The Morgan fingerprint density at radius 2 is 1.71 bits per heavy atom. The second-order valence-electron chi connectivity index (χ2n) is 4.47. The standard InChI is InChI=1S/C15H13F4NS/c16-13-7-6-10(8-12(13)15(17,18)19)14(20)9-21-11-4-2-1-3-5-11/h1-8,14H,9,20H2. The molecule has 2 aromatic rings. The topological polar surface area (TPSA) is 26.0 Å². The third-order valence-corrected chi connectivity index (χ3v) is 4.03. The highest BCUT2D eigenvalue weighted by Gasteiger charge is 2.34. The summed E-state index contributed by atoms with van der Waals surface area (Å²) in [5.74, 6) is -0.874. The van der Waals surface area contributed by atoms with E-state index in [1.54, 1.807) is 0 Å². The van der Waals surface area contributed by atoms with Gasteiger partial charge in [-0.3, -0.25) is 0 Å². The van der Waals surface area contributed by atoms with E-state index in [-0.39, 0.29) is 5.56 Å². The number of halogens is 4. The Hall–Kier alpha value is -1.53. The molecule has 0 spiro atoms. The van der Waals surface area contributed by atoms with Crippen molar-refractivity contribution in [3.8, 4) is 0 Å². The summed E-state index contributed by atoms with van der Waals surface area (Å²) in [4.78, 5) is 0.978. The molecule has 21 heavy (non-hydrogen) atoms. The lowest BCUT2D eigenvalue weighted by Gasteiger charge is -2.15. The van der Waals surface area contributed by atoms with Gasteiger partial charge in [-0.05, 0) is 29.8 Å². The SMILES string of the molecule is NC(CSc1ccccc1)c1ccc(F)c(C(F)(F)F)c1. The average molecular weight is 315 g/mol. The van der Waals surface area contributed by atoms with Crippen LogP contribution in [-0.4, -0.2) is 5.75 Å². The Balaban J connectivity index is 2.11. The summed E-state index contributed by atoms with van der Waals surface area (Å²) in [6.45, 7) is 0. The Morgan fingerprint density at radius 3 is 2.33 bits per heavy atom. The van der Waals surface area contributed by atoms with Gasteiger partial charge in [-0.1, -0.05) is 24.3 Å². The van der Waals surface area contributed by atoms with Crippen molar-refractivity contribution >= 4 is 11.8 Å². The van der Waals surface area contributed by atoms with E-state index in [1.165, 1.54) is 17.8 Å². The van der Waals surface area contributed by atoms with Crippen LogP contribution in [0.25, 0.3) is 0 Å². The summed E-state index contributed by atoms with van der Waals surface area (Å²) < 4.78 is 51.2. The molecular formula is C15H13F4NS. The molecule has 112 valence electrons. The minimum absolute atomic E-state index is 0.271. The fourth-order valence-electron chi connectivity index (χ4n) is 1.79. The van der Waals surface area contributed by atoms with Crippen LogP contribution in [0.1, 0.15) is 17.2 Å². The molecule has 6 heteroatoms. The molecule has 0 radical (unpaired) electrons. The number of rotatable bonds is 4. The van der Waals surface area contributed by atoms with Gasteiger partial charge in [-0.25, -0.2) is 4.39 Å². The molecule has 1 unspecified atom stereocenters. The highest BCUT2D eigenvalue weighted by molar-refractivity contribution is 7.99. The van der Waals surface area contributed by atoms with Crippen LogP contribution < -0.4 is 5.73 Å². The highest BCUT2D eigenvalue weighted by atomic mass is 32.2. The lowest BCUT2D eigenvalue weighted by molar-refractivity contribution is -0.140. The fourth-order valence-corrected chi connectivity index (χ4v) is 2.70. The summed E-state index contributed by atoms with van der Waals surface area (Å²) in [7, 11) is 0. The van der Waals surface area contributed by atoms with Crippen molar-refractivity contribution in [2.75, 3.05) is 5.75 Å². The molecule has 0 heterocycles. The summed E-state index contributed by atoms with van der Waals surface area (Å²) in [6, 6.07) is 11.7. The number of hydrogen-bond acceptors (Lipinski definition) is 2. The number of alkyl halides is 3. The highest BCUT2D eigenvalue weighted by Crippen LogP contribution is 2.33. The van der Waals surface area contributed by atoms with Crippen molar-refractivity contribution in [3.05, 3.63) is 65.5 Å². The van der Waals surface area contributed by atoms with Crippen molar-refractivity contribution in [2.24, 2.45) is 5.73 Å². The number of nitrogens with two attached hydrogens (primary N) is 1. The van der Waals surface area contributed by atoms with Gasteiger partial charge in [-0.15, -0.1) is 11.8 Å². The Bertz CT molecular complexity index is 598. The minimum atomic E-state index is -4.72. The van der Waals surface area contributed by atoms with E-state index in [0.29, 0.717) is 5.75 Å². The molecule has 0 aliphatic heterocycles. The lowest BCUT2D eigenvalue weighted by Crippen LogP contribution is -2.16. The van der Waals surface area contributed by atoms with Crippen molar-refractivity contribution in [1.82, 2.24) is 0 Å². The number of benzene rings is 2. The summed E-state index contributed by atoms with van der Waals surface area (Å²) >= 11 is 1.44. The molecule has 2 aromatic carbocycles. The molecule has 0 amide bonds. The van der Waals surface area contributed by atoms with E-state index in [9.17, 15) is 17.6 Å². The molecule has 0 saturated carbocycles. The van der Waals surface area contributed by atoms with Crippen LogP contribution in [0, 0.1) is 5.82 Å². The first-order valence-corrected chi connectivity index (χ1v) is 7.16. The van der Waals surface area contributed by atoms with Gasteiger partial charge in [0.15, 0.2) is 0 Å². The summed E-state index contributed by atoms with van der Waals surface area (Å²) in [6.07, 6.45) is -4.72. The largest absolute Gasteiger partial charge is 0.419 e. The molecule has 2 N–H and O–H groups in total. The zero-order valence-electron chi connectivity index (χ0n) is 10.9. The van der Waals surface area contributed by atoms with Crippen molar-refractivity contribution in [1.29, 1.82) is 0 Å². The van der Waals surface area contributed by atoms with Crippen molar-refractivity contribution < 1.29 is 17.6 Å². The van der Waals surface area contributed by atoms with Crippen LogP contribution in [-0.2, 0) is 6.18 Å². The van der Waals surface area contributed by atoms with E-state index in [0.717, 1.165) is 17.0 Å². The van der Waals surface area contributed by atoms with Gasteiger partial charge in [0.2, 0.25) is 0 Å². The average Bonchev–Trinajstić information content (AvgIpc) is 2.45. The third-order valence-electron chi connectivity index (χ3n) is 2.90. The maximum atomic E-state index is 13.2. The Labute approximate surface area is 124 Å².